The average Bonchev–Trinajstić information content (AvgIpc) is 2.92. The molecule has 1 N–H and O–H groups in total. The van der Waals surface area contributed by atoms with E-state index in [1.807, 2.05) is 0 Å². The highest BCUT2D eigenvalue weighted by Gasteiger charge is 2.42. The summed E-state index contributed by atoms with van der Waals surface area (Å²) in [5, 5.41) is 10.8. The molecule has 0 aromatic heterocycles. The number of carbonyl (C=O) groups excluding carboxylic acids is 1. The molecular formula is C23H40O2. The predicted molar refractivity (Wildman–Crippen MR) is 106 cm³/mol. The molecule has 0 heterocycles. The quantitative estimate of drug-likeness (QED) is 0.336. The fraction of sp³-hybridized carbons (Fsp3) is 0.870. The molecule has 0 bridgehead atoms. The largest absolute Gasteiger partial charge is 0.388 e. The number of ketones is 1. The van der Waals surface area contributed by atoms with Gasteiger partial charge < -0.3 is 5.11 Å². The van der Waals surface area contributed by atoms with Crippen LogP contribution in [0.4, 0.5) is 0 Å². The number of hydrogen-bond acceptors (Lipinski definition) is 2. The molecule has 25 heavy (non-hydrogen) atoms. The molecule has 0 spiro atoms. The number of unbranched alkanes of at least 4 members (excludes halogenated alkanes) is 5. The predicted octanol–water partition coefficient (Wildman–Crippen LogP) is 6.22. The second-order valence-electron chi connectivity index (χ2n) is 8.63. The Labute approximate surface area is 155 Å². The molecule has 0 amide bonds. The van der Waals surface area contributed by atoms with E-state index in [9.17, 15) is 9.90 Å². The van der Waals surface area contributed by atoms with Crippen LogP contribution in [-0.2, 0) is 4.79 Å². The van der Waals surface area contributed by atoms with Gasteiger partial charge in [-0.05, 0) is 43.4 Å². The minimum absolute atomic E-state index is 0.144. The molecule has 0 radical (unpaired) electrons. The zero-order chi connectivity index (χ0) is 18.1. The van der Waals surface area contributed by atoms with Gasteiger partial charge in [0.2, 0.25) is 0 Å². The van der Waals surface area contributed by atoms with Gasteiger partial charge in [0, 0.05) is 12.3 Å². The number of carbonyl (C=O) groups is 1. The lowest BCUT2D eigenvalue weighted by Gasteiger charge is -2.45. The summed E-state index contributed by atoms with van der Waals surface area (Å²) in [5.74, 6) is 1.05. The molecule has 0 aromatic rings. The van der Waals surface area contributed by atoms with Crippen molar-refractivity contribution < 1.29 is 9.90 Å². The first kappa shape index (κ1) is 20.7. The summed E-state index contributed by atoms with van der Waals surface area (Å²) < 4.78 is 0. The van der Waals surface area contributed by atoms with Crippen LogP contribution >= 0.6 is 0 Å². The van der Waals surface area contributed by atoms with E-state index in [4.69, 9.17) is 0 Å². The Morgan fingerprint density at radius 2 is 1.84 bits per heavy atom. The van der Waals surface area contributed by atoms with Gasteiger partial charge in [-0.1, -0.05) is 77.4 Å². The normalized spacial score (nSPS) is 26.9. The van der Waals surface area contributed by atoms with Crippen molar-refractivity contribution in [3.05, 3.63) is 12.2 Å². The maximum Gasteiger partial charge on any atom is 0.136 e. The Bertz CT molecular complexity index is 422. The zero-order valence-corrected chi connectivity index (χ0v) is 16.6. The van der Waals surface area contributed by atoms with Crippen molar-refractivity contribution in [1.29, 1.82) is 0 Å². The van der Waals surface area contributed by atoms with Gasteiger partial charge in [-0.2, -0.15) is 0 Å². The first-order valence-corrected chi connectivity index (χ1v) is 11.0. The number of hydrogen-bond donors (Lipinski definition) is 1. The van der Waals surface area contributed by atoms with Crippen molar-refractivity contribution in [2.75, 3.05) is 0 Å². The number of Topliss-reactive ketones (excluding diaryl/α,β-unsaturated/α-hetero) is 1. The highest BCUT2D eigenvalue weighted by molar-refractivity contribution is 5.83. The summed E-state index contributed by atoms with van der Waals surface area (Å²) in [6.45, 7) is 4.46. The van der Waals surface area contributed by atoms with Gasteiger partial charge in [0.15, 0.2) is 0 Å². The van der Waals surface area contributed by atoms with E-state index in [0.717, 1.165) is 25.7 Å². The smallest absolute Gasteiger partial charge is 0.136 e. The molecule has 144 valence electrons. The van der Waals surface area contributed by atoms with Crippen LogP contribution in [0.15, 0.2) is 12.2 Å². The molecular weight excluding hydrogens is 308 g/mol. The minimum atomic E-state index is -0.311. The van der Waals surface area contributed by atoms with E-state index in [-0.39, 0.29) is 17.4 Å². The van der Waals surface area contributed by atoms with Crippen molar-refractivity contribution in [2.45, 2.75) is 110 Å². The first-order valence-electron chi connectivity index (χ1n) is 11.0. The number of aliphatic hydroxyl groups is 1. The summed E-state index contributed by atoms with van der Waals surface area (Å²) in [5.41, 5.74) is 0.144. The van der Waals surface area contributed by atoms with Crippen LogP contribution in [0, 0.1) is 17.3 Å². The minimum Gasteiger partial charge on any atom is -0.388 e. The molecule has 1 unspecified atom stereocenters. The molecule has 0 saturated heterocycles. The van der Waals surface area contributed by atoms with E-state index in [2.05, 4.69) is 26.0 Å². The summed E-state index contributed by atoms with van der Waals surface area (Å²) >= 11 is 0. The molecule has 2 aliphatic carbocycles. The second-order valence-corrected chi connectivity index (χ2v) is 8.63. The molecule has 3 atom stereocenters. The Kier molecular flexibility index (Phi) is 8.69. The summed E-state index contributed by atoms with van der Waals surface area (Å²) in [6.07, 6.45) is 20.2. The Morgan fingerprint density at radius 3 is 2.48 bits per heavy atom. The molecule has 2 heteroatoms. The van der Waals surface area contributed by atoms with Gasteiger partial charge in [-0.25, -0.2) is 0 Å². The van der Waals surface area contributed by atoms with Crippen LogP contribution in [-0.4, -0.2) is 17.0 Å². The molecule has 0 aromatic carbocycles. The van der Waals surface area contributed by atoms with Crippen LogP contribution < -0.4 is 0 Å². The van der Waals surface area contributed by atoms with E-state index in [1.54, 1.807) is 0 Å². The molecule has 2 fully saturated rings. The molecule has 2 nitrogen and oxygen atoms in total. The van der Waals surface area contributed by atoms with Crippen LogP contribution in [0.1, 0.15) is 104 Å². The fourth-order valence-corrected chi connectivity index (χ4v) is 4.81. The van der Waals surface area contributed by atoms with Crippen LogP contribution in [0.3, 0.4) is 0 Å². The highest BCUT2D eigenvalue weighted by Crippen LogP contribution is 2.48. The van der Waals surface area contributed by atoms with E-state index >= 15 is 0 Å². The summed E-state index contributed by atoms with van der Waals surface area (Å²) in [4.78, 5) is 12.3. The van der Waals surface area contributed by atoms with Crippen molar-refractivity contribution in [1.82, 2.24) is 0 Å². The van der Waals surface area contributed by atoms with Crippen LogP contribution in [0.25, 0.3) is 0 Å². The molecule has 0 aliphatic heterocycles. The first-order chi connectivity index (χ1) is 12.1. The maximum atomic E-state index is 12.3. The number of allylic oxidation sites excluding steroid dienone is 1. The molecule has 2 rings (SSSR count). The lowest BCUT2D eigenvalue weighted by atomic mass is 9.62. The summed E-state index contributed by atoms with van der Waals surface area (Å²) in [6, 6.07) is 0. The van der Waals surface area contributed by atoms with Gasteiger partial charge >= 0.3 is 0 Å². The molecule has 2 aliphatic rings. The second kappa shape index (κ2) is 10.5. The average molecular weight is 349 g/mol. The molecule has 2 saturated carbocycles. The SMILES string of the molecule is CCCCCCC[C@H]1C(=O)CC[C@@H]1C=CC(O)C1(CCCC)CCC1. The van der Waals surface area contributed by atoms with Gasteiger partial charge in [-0.15, -0.1) is 0 Å². The topological polar surface area (TPSA) is 37.3 Å². The third-order valence-electron chi connectivity index (χ3n) is 6.82. The third-order valence-corrected chi connectivity index (χ3v) is 6.82. The lowest BCUT2D eigenvalue weighted by molar-refractivity contribution is -0.121. The van der Waals surface area contributed by atoms with E-state index in [1.165, 1.54) is 64.2 Å². The van der Waals surface area contributed by atoms with Gasteiger partial charge in [0.1, 0.15) is 5.78 Å². The number of rotatable bonds is 12. The Hall–Kier alpha value is -0.630. The van der Waals surface area contributed by atoms with Crippen molar-refractivity contribution in [3.8, 4) is 0 Å². The van der Waals surface area contributed by atoms with E-state index < -0.39 is 0 Å². The fourth-order valence-electron chi connectivity index (χ4n) is 4.81. The Morgan fingerprint density at radius 1 is 1.12 bits per heavy atom. The van der Waals surface area contributed by atoms with Crippen LogP contribution in [0.5, 0.6) is 0 Å². The Balaban J connectivity index is 1.84. The van der Waals surface area contributed by atoms with Gasteiger partial charge in [0.25, 0.3) is 0 Å². The maximum absolute atomic E-state index is 12.3. The lowest BCUT2D eigenvalue weighted by Crippen LogP contribution is -2.40. The third kappa shape index (κ3) is 5.67. The van der Waals surface area contributed by atoms with Gasteiger partial charge in [0.05, 0.1) is 6.10 Å². The zero-order valence-electron chi connectivity index (χ0n) is 16.6. The standard InChI is InChI=1S/C23H40O2/c1-3-5-7-8-9-11-20-19(12-14-21(20)24)13-15-22(25)23(16-6-4-2)17-10-18-23/h13,15,19-20,22,25H,3-12,14,16-18H2,1-2H3/t19-,20-,22?/m1/s1. The van der Waals surface area contributed by atoms with E-state index in [0.29, 0.717) is 11.7 Å². The van der Waals surface area contributed by atoms with Crippen molar-refractivity contribution >= 4 is 5.78 Å². The monoisotopic (exact) mass is 348 g/mol. The summed E-state index contributed by atoms with van der Waals surface area (Å²) in [7, 11) is 0. The van der Waals surface area contributed by atoms with Crippen molar-refractivity contribution in [2.24, 2.45) is 17.3 Å². The number of aliphatic hydroxyl groups excluding tert-OH is 1. The highest BCUT2D eigenvalue weighted by atomic mass is 16.3. The van der Waals surface area contributed by atoms with Crippen LogP contribution in [0.2, 0.25) is 0 Å². The van der Waals surface area contributed by atoms with Gasteiger partial charge in [-0.3, -0.25) is 4.79 Å². The van der Waals surface area contributed by atoms with Crippen molar-refractivity contribution in [3.63, 3.8) is 0 Å².